The molecule has 1 aromatic heterocycles. The van der Waals surface area contributed by atoms with Crippen LogP contribution in [0.1, 0.15) is 26.7 Å². The number of benzene rings is 2. The molecule has 4 rings (SSSR count). The van der Waals surface area contributed by atoms with Gasteiger partial charge in [0.25, 0.3) is 0 Å². The van der Waals surface area contributed by atoms with Gasteiger partial charge in [0.15, 0.2) is 0 Å². The van der Waals surface area contributed by atoms with Gasteiger partial charge in [-0.1, -0.05) is 17.7 Å². The molecule has 0 aliphatic carbocycles. The maximum Gasteiger partial charge on any atom is 0.227 e. The highest BCUT2D eigenvalue weighted by Gasteiger charge is 2.24. The maximum absolute atomic E-state index is 12.2. The van der Waals surface area contributed by atoms with Gasteiger partial charge in [-0.05, 0) is 62.7 Å². The molecule has 1 aliphatic heterocycles. The van der Waals surface area contributed by atoms with Crippen molar-refractivity contribution in [2.24, 2.45) is 0 Å². The molecule has 1 aliphatic rings. The highest BCUT2D eigenvalue weighted by Crippen LogP contribution is 2.34. The molecule has 5 nitrogen and oxygen atoms in total. The van der Waals surface area contributed by atoms with Crippen LogP contribution >= 0.6 is 11.6 Å². The van der Waals surface area contributed by atoms with Crippen molar-refractivity contribution in [1.29, 1.82) is 0 Å². The third-order valence-corrected chi connectivity index (χ3v) is 4.90. The van der Waals surface area contributed by atoms with Gasteiger partial charge in [-0.3, -0.25) is 9.36 Å². The number of hydrogen-bond donors (Lipinski definition) is 0. The Labute approximate surface area is 175 Å². The average molecular weight is 411 g/mol. The maximum atomic E-state index is 12.2. The summed E-state index contributed by atoms with van der Waals surface area (Å²) in [4.78, 5) is 14.0. The van der Waals surface area contributed by atoms with Crippen LogP contribution in [0.4, 0.5) is 5.69 Å². The quantitative estimate of drug-likeness (QED) is 0.513. The van der Waals surface area contributed by atoms with Gasteiger partial charge in [0.1, 0.15) is 11.5 Å². The van der Waals surface area contributed by atoms with Crippen molar-refractivity contribution in [3.8, 4) is 23.1 Å². The van der Waals surface area contributed by atoms with Crippen LogP contribution in [0.5, 0.6) is 17.4 Å². The van der Waals surface area contributed by atoms with E-state index in [0.717, 1.165) is 30.1 Å². The Bertz CT molecular complexity index is 1010. The van der Waals surface area contributed by atoms with Crippen molar-refractivity contribution in [2.75, 3.05) is 11.4 Å². The zero-order chi connectivity index (χ0) is 20.4. The van der Waals surface area contributed by atoms with E-state index in [1.54, 1.807) is 17.0 Å². The number of amides is 1. The first-order valence-electron chi connectivity index (χ1n) is 9.73. The highest BCUT2D eigenvalue weighted by atomic mass is 35.5. The Morgan fingerprint density at radius 3 is 2.45 bits per heavy atom. The Kier molecular flexibility index (Phi) is 5.49. The fraction of sp³-hybridized carbons (Fsp3) is 0.261. The Balaban J connectivity index is 1.70. The van der Waals surface area contributed by atoms with Crippen molar-refractivity contribution >= 4 is 23.2 Å². The van der Waals surface area contributed by atoms with Gasteiger partial charge in [0, 0.05) is 35.9 Å². The summed E-state index contributed by atoms with van der Waals surface area (Å²) in [5.41, 5.74) is 1.74. The van der Waals surface area contributed by atoms with Crippen LogP contribution in [-0.2, 0) is 4.79 Å². The number of halogens is 1. The van der Waals surface area contributed by atoms with Gasteiger partial charge in [-0.25, -0.2) is 0 Å². The Hall–Kier alpha value is -2.92. The Morgan fingerprint density at radius 2 is 1.79 bits per heavy atom. The predicted molar refractivity (Wildman–Crippen MR) is 115 cm³/mol. The number of carbonyl (C=O) groups is 1. The molecule has 6 heteroatoms. The summed E-state index contributed by atoms with van der Waals surface area (Å²) in [6, 6.07) is 16.9. The SMILES string of the molecule is CC(C)Oc1ccc(-n2cc(N3CCCC3=O)cc2Oc2cccc(Cl)c2)cc1. The van der Waals surface area contributed by atoms with Crippen molar-refractivity contribution in [3.05, 3.63) is 65.8 Å². The lowest BCUT2D eigenvalue weighted by Gasteiger charge is -2.13. The number of anilines is 1. The monoisotopic (exact) mass is 410 g/mol. The second-order valence-corrected chi connectivity index (χ2v) is 7.71. The molecule has 1 amide bonds. The number of carbonyl (C=O) groups excluding carboxylic acids is 1. The van der Waals surface area contributed by atoms with Crippen LogP contribution in [-0.4, -0.2) is 23.1 Å². The average Bonchev–Trinajstić information content (AvgIpc) is 3.28. The van der Waals surface area contributed by atoms with Crippen LogP contribution in [0.2, 0.25) is 5.02 Å². The van der Waals surface area contributed by atoms with Crippen molar-refractivity contribution < 1.29 is 14.3 Å². The number of rotatable bonds is 6. The van der Waals surface area contributed by atoms with E-state index in [1.165, 1.54) is 0 Å². The molecule has 150 valence electrons. The van der Waals surface area contributed by atoms with E-state index >= 15 is 0 Å². The molecule has 1 fully saturated rings. The fourth-order valence-electron chi connectivity index (χ4n) is 3.39. The Morgan fingerprint density at radius 1 is 1.00 bits per heavy atom. The van der Waals surface area contributed by atoms with Gasteiger partial charge in [-0.2, -0.15) is 0 Å². The van der Waals surface area contributed by atoms with Gasteiger partial charge in [-0.15, -0.1) is 0 Å². The van der Waals surface area contributed by atoms with E-state index in [2.05, 4.69) is 0 Å². The summed E-state index contributed by atoms with van der Waals surface area (Å²) in [7, 11) is 0. The van der Waals surface area contributed by atoms with E-state index in [-0.39, 0.29) is 12.0 Å². The number of hydrogen-bond acceptors (Lipinski definition) is 3. The molecule has 29 heavy (non-hydrogen) atoms. The minimum Gasteiger partial charge on any atom is -0.491 e. The molecule has 2 heterocycles. The van der Waals surface area contributed by atoms with Crippen LogP contribution in [0.25, 0.3) is 5.69 Å². The van der Waals surface area contributed by atoms with Crippen LogP contribution in [0, 0.1) is 0 Å². The second kappa shape index (κ2) is 8.21. The first kappa shape index (κ1) is 19.4. The second-order valence-electron chi connectivity index (χ2n) is 7.28. The minimum absolute atomic E-state index is 0.113. The van der Waals surface area contributed by atoms with E-state index in [1.807, 2.05) is 67.1 Å². The lowest BCUT2D eigenvalue weighted by molar-refractivity contribution is -0.117. The van der Waals surface area contributed by atoms with E-state index in [0.29, 0.717) is 23.1 Å². The van der Waals surface area contributed by atoms with Gasteiger partial charge in [0.05, 0.1) is 11.8 Å². The van der Waals surface area contributed by atoms with E-state index in [9.17, 15) is 4.79 Å². The third-order valence-electron chi connectivity index (χ3n) is 4.66. The molecular weight excluding hydrogens is 388 g/mol. The van der Waals surface area contributed by atoms with Crippen LogP contribution in [0.3, 0.4) is 0 Å². The van der Waals surface area contributed by atoms with Crippen LogP contribution < -0.4 is 14.4 Å². The zero-order valence-electron chi connectivity index (χ0n) is 16.5. The van der Waals surface area contributed by atoms with Crippen LogP contribution in [0.15, 0.2) is 60.8 Å². The predicted octanol–water partition coefficient (Wildman–Crippen LogP) is 5.84. The smallest absolute Gasteiger partial charge is 0.227 e. The number of ether oxygens (including phenoxy) is 2. The van der Waals surface area contributed by atoms with Crippen molar-refractivity contribution in [2.45, 2.75) is 32.8 Å². The molecular formula is C23H23ClN2O3. The molecule has 0 radical (unpaired) electrons. The van der Waals surface area contributed by atoms with Crippen molar-refractivity contribution in [1.82, 2.24) is 4.57 Å². The lowest BCUT2D eigenvalue weighted by Crippen LogP contribution is -2.23. The third kappa shape index (κ3) is 4.40. The molecule has 0 bridgehead atoms. The molecule has 0 saturated carbocycles. The minimum atomic E-state index is 0.113. The summed E-state index contributed by atoms with van der Waals surface area (Å²) in [6.45, 7) is 4.72. The largest absolute Gasteiger partial charge is 0.491 e. The topological polar surface area (TPSA) is 43.7 Å². The summed E-state index contributed by atoms with van der Waals surface area (Å²) in [5.74, 6) is 2.19. The molecule has 3 aromatic rings. The highest BCUT2D eigenvalue weighted by molar-refractivity contribution is 6.30. The van der Waals surface area contributed by atoms with E-state index < -0.39 is 0 Å². The standard InChI is InChI=1S/C23H23ClN2O3/c1-16(2)28-20-10-8-18(9-11-20)26-15-19(25-12-4-7-22(25)27)14-23(26)29-21-6-3-5-17(24)13-21/h3,5-6,8-11,13-16H,4,7,12H2,1-2H3. The summed E-state index contributed by atoms with van der Waals surface area (Å²) in [5, 5.41) is 0.603. The van der Waals surface area contributed by atoms with Gasteiger partial charge in [0.2, 0.25) is 11.8 Å². The first-order chi connectivity index (χ1) is 14.0. The summed E-state index contributed by atoms with van der Waals surface area (Å²) >= 11 is 6.10. The van der Waals surface area contributed by atoms with Gasteiger partial charge < -0.3 is 14.4 Å². The molecule has 0 atom stereocenters. The number of nitrogens with zero attached hydrogens (tertiary/aromatic N) is 2. The summed E-state index contributed by atoms with van der Waals surface area (Å²) in [6.07, 6.45) is 3.50. The van der Waals surface area contributed by atoms with Crippen molar-refractivity contribution in [3.63, 3.8) is 0 Å². The normalized spacial score (nSPS) is 13.9. The summed E-state index contributed by atoms with van der Waals surface area (Å²) < 4.78 is 13.8. The molecule has 0 unspecified atom stereocenters. The number of aromatic nitrogens is 1. The zero-order valence-corrected chi connectivity index (χ0v) is 17.2. The molecule has 0 N–H and O–H groups in total. The lowest BCUT2D eigenvalue weighted by atomic mass is 10.3. The molecule has 0 spiro atoms. The molecule has 2 aromatic carbocycles. The first-order valence-corrected chi connectivity index (χ1v) is 10.1. The molecule has 1 saturated heterocycles. The fourth-order valence-corrected chi connectivity index (χ4v) is 3.57. The van der Waals surface area contributed by atoms with E-state index in [4.69, 9.17) is 21.1 Å². The van der Waals surface area contributed by atoms with Gasteiger partial charge >= 0.3 is 0 Å².